The number of hydrogen-bond acceptors (Lipinski definition) is 14. The summed E-state index contributed by atoms with van der Waals surface area (Å²) in [4.78, 5) is 82.6. The largest absolute Gasteiger partial charge is 0.482 e. The van der Waals surface area contributed by atoms with Crippen molar-refractivity contribution in [3.05, 3.63) is 95.1 Å². The highest BCUT2D eigenvalue weighted by atomic mass is 32.2. The van der Waals surface area contributed by atoms with Crippen LogP contribution in [0.15, 0.2) is 77.7 Å². The lowest BCUT2D eigenvalue weighted by Crippen LogP contribution is -2.59. The molecule has 0 aliphatic carbocycles. The van der Waals surface area contributed by atoms with Gasteiger partial charge in [0.2, 0.25) is 23.6 Å². The highest BCUT2D eigenvalue weighted by Crippen LogP contribution is 2.28. The van der Waals surface area contributed by atoms with Crippen LogP contribution in [0.2, 0.25) is 0 Å². The third kappa shape index (κ3) is 18.5. The molecule has 3 aromatic carbocycles. The van der Waals surface area contributed by atoms with Crippen molar-refractivity contribution in [2.45, 2.75) is 122 Å². The molecule has 5 atom stereocenters. The average Bonchev–Trinajstić information content (AvgIpc) is 3.30. The molecular formula is C51H71N5O13S. The molecule has 19 heteroatoms. The molecule has 1 saturated heterocycles. The summed E-state index contributed by atoms with van der Waals surface area (Å²) in [6, 6.07) is 16.7. The van der Waals surface area contributed by atoms with Gasteiger partial charge in [0.15, 0.2) is 12.4 Å². The zero-order valence-electron chi connectivity index (χ0n) is 41.6. The lowest BCUT2D eigenvalue weighted by molar-refractivity contribution is -0.147. The van der Waals surface area contributed by atoms with Gasteiger partial charge in [0.1, 0.15) is 47.6 Å². The number of nitrogens with one attached hydrogen (secondary N) is 4. The summed E-state index contributed by atoms with van der Waals surface area (Å²) in [7, 11) is -4.58. The molecule has 0 saturated carbocycles. The maximum absolute atomic E-state index is 13.9. The number of carbonyl (C=O) groups is 6. The molecule has 1 aliphatic rings. The van der Waals surface area contributed by atoms with Crippen molar-refractivity contribution in [1.82, 2.24) is 26.2 Å². The second kappa shape index (κ2) is 27.0. The van der Waals surface area contributed by atoms with Gasteiger partial charge in [-0.2, -0.15) is 8.42 Å². The maximum atomic E-state index is 13.9. The first-order chi connectivity index (χ1) is 33.0. The standard InChI is InChI=1S/C51H71N5O13S/c1-33(2)25-42(47(59)51(8,63)32-69-70(64,65)46-35(5)27-40(28-36(46)6)67-31-45(58)68-30-39-17-13-10-14-18-39)54-48(60)37(7)52-50(62)43(26-34(3)4)55-49(61)41(20-19-38-15-11-9-12-16-38)53-44(57)29-56-21-23-66-24-22-56/h9-18,27-28,33-34,37,41-43,63H,19-26,29-32H2,1-8H3,(H,52,62)(H,53,57)(H,54,60)(H,55,61)/t37-,41-,42?,43-,51+/m0/s1. The number of ether oxygens (including phenoxy) is 3. The van der Waals surface area contributed by atoms with Crippen molar-refractivity contribution in [2.75, 3.05) is 46.1 Å². The molecule has 1 aliphatic heterocycles. The predicted octanol–water partition coefficient (Wildman–Crippen LogP) is 3.47. The summed E-state index contributed by atoms with van der Waals surface area (Å²) in [6.45, 7) is 13.7. The SMILES string of the molecule is Cc1cc(OCC(=O)OCc2ccccc2)cc(C)c1S(=O)(=O)OC[C@@](C)(O)C(=O)C(CC(C)C)NC(=O)[C@H](C)NC(=O)[C@H](CC(C)C)NC(=O)[C@H](CCc1ccccc1)NC(=O)CN1CCOCC1. The summed E-state index contributed by atoms with van der Waals surface area (Å²) in [6.07, 6.45) is 0.968. The molecule has 1 unspecified atom stereocenters. The molecule has 0 radical (unpaired) electrons. The van der Waals surface area contributed by atoms with Crippen molar-refractivity contribution < 1.29 is 60.7 Å². The quantitative estimate of drug-likeness (QED) is 0.0543. The van der Waals surface area contributed by atoms with Crippen molar-refractivity contribution in [3.8, 4) is 5.75 Å². The number of nitrogens with zero attached hydrogens (tertiary/aromatic N) is 1. The first kappa shape index (κ1) is 56.9. The second-order valence-corrected chi connectivity index (χ2v) is 20.4. The Kier molecular flexibility index (Phi) is 22.0. The minimum atomic E-state index is -4.58. The van der Waals surface area contributed by atoms with Gasteiger partial charge in [-0.3, -0.25) is 33.1 Å². The molecule has 18 nitrogen and oxygen atoms in total. The van der Waals surface area contributed by atoms with Gasteiger partial charge in [-0.15, -0.1) is 0 Å². The topological polar surface area (TPSA) is 245 Å². The molecule has 0 bridgehead atoms. The zero-order chi connectivity index (χ0) is 51.6. The Morgan fingerprint density at radius 1 is 0.743 bits per heavy atom. The number of esters is 1. The molecule has 70 heavy (non-hydrogen) atoms. The van der Waals surface area contributed by atoms with Crippen LogP contribution in [0.3, 0.4) is 0 Å². The van der Waals surface area contributed by atoms with Crippen LogP contribution in [0, 0.1) is 25.7 Å². The number of carbonyl (C=O) groups excluding carboxylic acids is 6. The van der Waals surface area contributed by atoms with Gasteiger partial charge >= 0.3 is 5.97 Å². The molecule has 5 N–H and O–H groups in total. The molecule has 4 amide bonds. The molecule has 384 valence electrons. The van der Waals surface area contributed by atoms with Crippen LogP contribution in [0.4, 0.5) is 0 Å². The third-order valence-corrected chi connectivity index (χ3v) is 13.0. The number of benzene rings is 3. The number of hydrogen-bond donors (Lipinski definition) is 5. The predicted molar refractivity (Wildman–Crippen MR) is 261 cm³/mol. The van der Waals surface area contributed by atoms with Crippen LogP contribution in [0.1, 0.15) is 83.1 Å². The van der Waals surface area contributed by atoms with Gasteiger partial charge in [-0.1, -0.05) is 88.4 Å². The summed E-state index contributed by atoms with van der Waals surface area (Å²) in [5.74, 6) is -3.98. The van der Waals surface area contributed by atoms with E-state index in [9.17, 15) is 42.3 Å². The van der Waals surface area contributed by atoms with Crippen LogP contribution < -0.4 is 26.0 Å². The Balaban J connectivity index is 1.38. The molecule has 0 spiro atoms. The van der Waals surface area contributed by atoms with Crippen LogP contribution >= 0.6 is 0 Å². The van der Waals surface area contributed by atoms with E-state index in [1.54, 1.807) is 13.8 Å². The highest BCUT2D eigenvalue weighted by molar-refractivity contribution is 7.86. The molecule has 0 aromatic heterocycles. The van der Waals surface area contributed by atoms with Gasteiger partial charge in [0.25, 0.3) is 10.1 Å². The summed E-state index contributed by atoms with van der Waals surface area (Å²) < 4.78 is 48.6. The van der Waals surface area contributed by atoms with Gasteiger partial charge < -0.3 is 40.6 Å². The van der Waals surface area contributed by atoms with Crippen LogP contribution in [0.5, 0.6) is 5.75 Å². The first-order valence-electron chi connectivity index (χ1n) is 23.7. The minimum absolute atomic E-state index is 0.0429. The fourth-order valence-electron chi connectivity index (χ4n) is 7.79. The normalized spacial score (nSPS) is 15.7. The maximum Gasteiger partial charge on any atom is 0.344 e. The van der Waals surface area contributed by atoms with Gasteiger partial charge in [0.05, 0.1) is 25.8 Å². The fourth-order valence-corrected chi connectivity index (χ4v) is 9.20. The van der Waals surface area contributed by atoms with E-state index in [0.717, 1.165) is 18.1 Å². The monoisotopic (exact) mass is 993 g/mol. The first-order valence-corrected chi connectivity index (χ1v) is 25.1. The van der Waals surface area contributed by atoms with E-state index in [2.05, 4.69) is 21.3 Å². The number of aliphatic hydroxyl groups is 1. The van der Waals surface area contributed by atoms with Gasteiger partial charge in [-0.05, 0) is 99.6 Å². The Morgan fingerprint density at radius 3 is 1.87 bits per heavy atom. The Bertz CT molecular complexity index is 2320. The Morgan fingerprint density at radius 2 is 1.29 bits per heavy atom. The average molecular weight is 994 g/mol. The van der Waals surface area contributed by atoms with E-state index >= 15 is 0 Å². The van der Waals surface area contributed by atoms with Crippen molar-refractivity contribution in [3.63, 3.8) is 0 Å². The fraction of sp³-hybridized carbons (Fsp3) is 0.529. The number of aryl methyl sites for hydroxylation is 3. The van der Waals surface area contributed by atoms with Crippen molar-refractivity contribution in [2.24, 2.45) is 11.8 Å². The molecule has 4 rings (SSSR count). The molecule has 1 heterocycles. The molecule has 3 aromatic rings. The van der Waals surface area contributed by atoms with E-state index in [-0.39, 0.29) is 71.9 Å². The van der Waals surface area contributed by atoms with E-state index in [1.165, 1.54) is 32.9 Å². The van der Waals surface area contributed by atoms with E-state index in [1.807, 2.05) is 79.4 Å². The van der Waals surface area contributed by atoms with Crippen LogP contribution in [0.25, 0.3) is 0 Å². The highest BCUT2D eigenvalue weighted by Gasteiger charge is 2.40. The Hall–Kier alpha value is -5.73. The summed E-state index contributed by atoms with van der Waals surface area (Å²) >= 11 is 0. The number of ketones is 1. The number of rotatable bonds is 27. The summed E-state index contributed by atoms with van der Waals surface area (Å²) in [5.41, 5.74) is -0.232. The minimum Gasteiger partial charge on any atom is -0.482 e. The summed E-state index contributed by atoms with van der Waals surface area (Å²) in [5, 5.41) is 22.3. The second-order valence-electron chi connectivity index (χ2n) is 18.8. The number of amides is 4. The smallest absolute Gasteiger partial charge is 0.344 e. The number of morpholine rings is 1. The van der Waals surface area contributed by atoms with Gasteiger partial charge in [0, 0.05) is 13.1 Å². The van der Waals surface area contributed by atoms with Gasteiger partial charge in [-0.25, -0.2) is 4.79 Å². The van der Waals surface area contributed by atoms with Crippen LogP contribution in [-0.2, 0) is 65.6 Å². The number of Topliss-reactive ketones (excluding diaryl/α,β-unsaturated/α-hetero) is 1. The van der Waals surface area contributed by atoms with E-state index < -0.39 is 82.6 Å². The third-order valence-electron chi connectivity index (χ3n) is 11.4. The lowest BCUT2D eigenvalue weighted by atomic mass is 9.90. The van der Waals surface area contributed by atoms with E-state index in [4.69, 9.17) is 18.4 Å². The lowest BCUT2D eigenvalue weighted by Gasteiger charge is -2.30. The Labute approximate surface area is 412 Å². The molecular weight excluding hydrogens is 923 g/mol. The van der Waals surface area contributed by atoms with Crippen LogP contribution in [-0.4, -0.2) is 130 Å². The van der Waals surface area contributed by atoms with Crippen molar-refractivity contribution >= 4 is 45.5 Å². The zero-order valence-corrected chi connectivity index (χ0v) is 42.4. The van der Waals surface area contributed by atoms with Crippen molar-refractivity contribution in [1.29, 1.82) is 0 Å². The van der Waals surface area contributed by atoms with E-state index in [0.29, 0.717) is 32.7 Å². The molecule has 1 fully saturated rings.